The highest BCUT2D eigenvalue weighted by atomic mass is 32.2. The molecule has 0 spiro atoms. The van der Waals surface area contributed by atoms with E-state index in [1.165, 1.54) is 16.0 Å². The Hall–Kier alpha value is -2.18. The minimum Gasteiger partial charge on any atom is -0.497 e. The summed E-state index contributed by atoms with van der Waals surface area (Å²) in [7, 11) is -5.49. The Bertz CT molecular complexity index is 1310. The number of nitrogens with one attached hydrogen (secondary N) is 1. The first kappa shape index (κ1) is 20.1. The van der Waals surface area contributed by atoms with Crippen molar-refractivity contribution in [1.29, 1.82) is 0 Å². The fourth-order valence-corrected chi connectivity index (χ4v) is 7.83. The highest BCUT2D eigenvalue weighted by Gasteiger charge is 2.34. The number of methoxy groups -OCH3 is 1. The molecule has 0 saturated carbocycles. The topological polar surface area (TPSA) is 120 Å². The van der Waals surface area contributed by atoms with Gasteiger partial charge in [0.2, 0.25) is 0 Å². The van der Waals surface area contributed by atoms with Crippen LogP contribution < -0.4 is 9.46 Å². The summed E-state index contributed by atoms with van der Waals surface area (Å²) in [5.41, 5.74) is 1.40. The summed E-state index contributed by atoms with van der Waals surface area (Å²) in [4.78, 5) is 4.38. The maximum Gasteiger partial charge on any atom is 0.267 e. The molecule has 0 radical (unpaired) electrons. The zero-order chi connectivity index (χ0) is 21.0. The van der Waals surface area contributed by atoms with E-state index in [0.717, 1.165) is 4.70 Å². The predicted molar refractivity (Wildman–Crippen MR) is 111 cm³/mol. The van der Waals surface area contributed by atoms with Gasteiger partial charge in [-0.05, 0) is 38.5 Å². The van der Waals surface area contributed by atoms with Crippen molar-refractivity contribution in [2.45, 2.75) is 31.2 Å². The maximum atomic E-state index is 13.1. The summed E-state index contributed by atoms with van der Waals surface area (Å²) in [5.74, 6) is 0.725. The van der Waals surface area contributed by atoms with E-state index >= 15 is 0 Å². The molecule has 1 atom stereocenters. The molecular weight excluding hydrogens is 436 g/mol. The van der Waals surface area contributed by atoms with Crippen LogP contribution in [0.1, 0.15) is 23.9 Å². The number of aryl methyl sites for hydroxylation is 1. The van der Waals surface area contributed by atoms with E-state index < -0.39 is 19.9 Å². The number of sulfone groups is 1. The first-order valence-corrected chi connectivity index (χ1v) is 13.0. The van der Waals surface area contributed by atoms with Gasteiger partial charge in [0.25, 0.3) is 10.0 Å². The molecule has 1 saturated heterocycles. The van der Waals surface area contributed by atoms with Gasteiger partial charge in [0, 0.05) is 0 Å². The fraction of sp³-hybridized carbons (Fsp3) is 0.412. The first-order chi connectivity index (χ1) is 13.6. The molecule has 1 aromatic carbocycles. The molecule has 156 valence electrons. The van der Waals surface area contributed by atoms with Crippen molar-refractivity contribution in [1.82, 2.24) is 14.8 Å². The van der Waals surface area contributed by atoms with Crippen LogP contribution in [-0.2, 0) is 19.9 Å². The summed E-state index contributed by atoms with van der Waals surface area (Å²) in [6.07, 6.45) is 0.427. The number of anilines is 1. The summed E-state index contributed by atoms with van der Waals surface area (Å²) in [6, 6.07) is 4.96. The normalized spacial score (nSPS) is 18.9. The number of hydrogen-bond acceptors (Lipinski definition) is 8. The van der Waals surface area contributed by atoms with Gasteiger partial charge in [-0.2, -0.15) is 5.10 Å². The van der Waals surface area contributed by atoms with Crippen molar-refractivity contribution in [2.24, 2.45) is 0 Å². The second-order valence-corrected chi connectivity index (χ2v) is 11.8. The van der Waals surface area contributed by atoms with Crippen molar-refractivity contribution in [3.8, 4) is 5.75 Å². The molecule has 2 aromatic heterocycles. The monoisotopic (exact) mass is 456 g/mol. The number of nitrogens with zero attached hydrogens (tertiary/aromatic N) is 3. The lowest BCUT2D eigenvalue weighted by Crippen LogP contribution is -2.17. The second kappa shape index (κ2) is 6.96. The molecule has 1 aliphatic rings. The smallest absolute Gasteiger partial charge is 0.267 e. The number of sulfonamides is 1. The van der Waals surface area contributed by atoms with Crippen molar-refractivity contribution >= 4 is 46.5 Å². The quantitative estimate of drug-likeness (QED) is 0.625. The van der Waals surface area contributed by atoms with Crippen molar-refractivity contribution in [3.63, 3.8) is 0 Å². The largest absolute Gasteiger partial charge is 0.497 e. The molecule has 0 aliphatic carbocycles. The van der Waals surface area contributed by atoms with Gasteiger partial charge in [-0.1, -0.05) is 11.3 Å². The average molecular weight is 457 g/mol. The summed E-state index contributed by atoms with van der Waals surface area (Å²) in [5, 5.41) is 4.57. The molecule has 4 rings (SSSR count). The molecule has 1 aliphatic heterocycles. The second-order valence-electron chi connectivity index (χ2n) is 6.96. The number of benzene rings is 1. The van der Waals surface area contributed by atoms with Crippen molar-refractivity contribution < 1.29 is 21.6 Å². The van der Waals surface area contributed by atoms with Crippen LogP contribution in [0.15, 0.2) is 23.1 Å². The van der Waals surface area contributed by atoms with Gasteiger partial charge in [-0.3, -0.25) is 9.40 Å². The zero-order valence-corrected chi connectivity index (χ0v) is 18.5. The molecule has 0 amide bonds. The summed E-state index contributed by atoms with van der Waals surface area (Å²) >= 11 is 1.20. The number of fused-ring (bicyclic) bond motifs is 1. The number of rotatable bonds is 5. The Balaban J connectivity index is 1.67. The van der Waals surface area contributed by atoms with Gasteiger partial charge in [0.15, 0.2) is 15.0 Å². The summed E-state index contributed by atoms with van der Waals surface area (Å²) < 4.78 is 59.7. The minimum atomic E-state index is -3.94. The number of thiazole rings is 1. The van der Waals surface area contributed by atoms with Crippen LogP contribution in [0.3, 0.4) is 0 Å². The molecule has 9 nitrogen and oxygen atoms in total. The van der Waals surface area contributed by atoms with E-state index in [1.807, 2.05) is 0 Å². The lowest BCUT2D eigenvalue weighted by molar-refractivity contribution is 0.415. The van der Waals surface area contributed by atoms with E-state index in [2.05, 4.69) is 14.8 Å². The number of aromatic nitrogens is 3. The molecule has 1 unspecified atom stereocenters. The molecule has 3 heterocycles. The highest BCUT2D eigenvalue weighted by molar-refractivity contribution is 7.93. The molecular formula is C17H20N4O5S3. The van der Waals surface area contributed by atoms with Gasteiger partial charge in [0.1, 0.15) is 10.6 Å². The van der Waals surface area contributed by atoms with Gasteiger partial charge in [0.05, 0.1) is 46.3 Å². The minimum absolute atomic E-state index is 0.0262. The van der Waals surface area contributed by atoms with Gasteiger partial charge >= 0.3 is 0 Å². The average Bonchev–Trinajstić information content (AvgIpc) is 3.28. The van der Waals surface area contributed by atoms with Crippen molar-refractivity contribution in [3.05, 3.63) is 29.6 Å². The highest BCUT2D eigenvalue weighted by Crippen LogP contribution is 2.33. The number of hydrogen-bond donors (Lipinski definition) is 1. The van der Waals surface area contributed by atoms with Crippen LogP contribution in [0.2, 0.25) is 0 Å². The van der Waals surface area contributed by atoms with Gasteiger partial charge < -0.3 is 4.74 Å². The molecule has 1 N–H and O–H groups in total. The third-order valence-electron chi connectivity index (χ3n) is 4.90. The van der Waals surface area contributed by atoms with Gasteiger partial charge in [-0.15, -0.1) is 0 Å². The van der Waals surface area contributed by atoms with E-state index in [0.29, 0.717) is 29.1 Å². The van der Waals surface area contributed by atoms with Crippen LogP contribution in [0.4, 0.5) is 5.13 Å². The molecule has 29 heavy (non-hydrogen) atoms. The van der Waals surface area contributed by atoms with Crippen LogP contribution in [-0.4, -0.2) is 50.2 Å². The van der Waals surface area contributed by atoms with Crippen LogP contribution >= 0.6 is 11.3 Å². The molecule has 3 aromatic rings. The van der Waals surface area contributed by atoms with Crippen LogP contribution in [0.5, 0.6) is 5.75 Å². The SMILES string of the molecule is COc1ccc2nc(NS(=O)(=O)c3c(C)nn(C4CCS(=O)(=O)C4)c3C)sc2c1. The molecule has 1 fully saturated rings. The molecule has 0 bridgehead atoms. The van der Waals surface area contributed by atoms with E-state index in [9.17, 15) is 16.8 Å². The summed E-state index contributed by atoms with van der Waals surface area (Å²) in [6.45, 7) is 3.24. The third-order valence-corrected chi connectivity index (χ3v) is 9.30. The standard InChI is InChI=1S/C17H20N4O5S3/c1-10-16(11(2)21(19-10)12-6-7-28(22,23)9-12)29(24,25)20-17-18-14-5-4-13(26-3)8-15(14)27-17/h4-5,8,12H,6-7,9H2,1-3H3,(H,18,20). The number of ether oxygens (including phenoxy) is 1. The van der Waals surface area contributed by atoms with Crippen LogP contribution in [0.25, 0.3) is 10.2 Å². The third kappa shape index (κ3) is 3.71. The van der Waals surface area contributed by atoms with Crippen LogP contribution in [0, 0.1) is 13.8 Å². The lowest BCUT2D eigenvalue weighted by atomic mass is 10.2. The zero-order valence-electron chi connectivity index (χ0n) is 16.0. The Morgan fingerprint density at radius 2 is 2.07 bits per heavy atom. The maximum absolute atomic E-state index is 13.1. The molecule has 12 heteroatoms. The van der Waals surface area contributed by atoms with E-state index in [4.69, 9.17) is 4.74 Å². The van der Waals surface area contributed by atoms with E-state index in [-0.39, 0.29) is 27.6 Å². The van der Waals surface area contributed by atoms with E-state index in [1.54, 1.807) is 39.2 Å². The Morgan fingerprint density at radius 1 is 1.31 bits per heavy atom. The Morgan fingerprint density at radius 3 is 2.72 bits per heavy atom. The predicted octanol–water partition coefficient (Wildman–Crippen LogP) is 2.28. The Labute approximate surface area is 172 Å². The van der Waals surface area contributed by atoms with Crippen molar-refractivity contribution in [2.75, 3.05) is 23.3 Å². The van der Waals surface area contributed by atoms with Gasteiger partial charge in [-0.25, -0.2) is 21.8 Å². The Kier molecular flexibility index (Phi) is 4.82. The first-order valence-electron chi connectivity index (χ1n) is 8.83. The fourth-order valence-electron chi connectivity index (χ4n) is 3.60. The lowest BCUT2D eigenvalue weighted by Gasteiger charge is -2.11.